The quantitative estimate of drug-likeness (QED) is 0.387. The van der Waals surface area contributed by atoms with Crippen molar-refractivity contribution < 1.29 is 8.42 Å². The Bertz CT molecular complexity index is 1260. The van der Waals surface area contributed by atoms with Gasteiger partial charge < -0.3 is 4.57 Å². The summed E-state index contributed by atoms with van der Waals surface area (Å²) in [6.07, 6.45) is 3.96. The molecule has 0 spiro atoms. The first-order valence-corrected chi connectivity index (χ1v) is 11.7. The number of halogens is 1. The topological polar surface area (TPSA) is 64.8 Å². The molecule has 0 N–H and O–H groups in total. The maximum absolute atomic E-state index is 12.5. The van der Waals surface area contributed by atoms with Gasteiger partial charge in [-0.1, -0.05) is 36.7 Å². The summed E-state index contributed by atoms with van der Waals surface area (Å²) in [6, 6.07) is 14.4. The van der Waals surface area contributed by atoms with Crippen LogP contribution in [0, 0.1) is 0 Å². The van der Waals surface area contributed by atoms with Crippen LogP contribution in [0.3, 0.4) is 0 Å². The molecule has 4 rings (SSSR count). The summed E-state index contributed by atoms with van der Waals surface area (Å²) in [7, 11) is -3.30. The highest BCUT2D eigenvalue weighted by Gasteiger charge is 2.16. The molecule has 0 atom stereocenters. The lowest BCUT2D eigenvalue weighted by atomic mass is 10.2. The maximum atomic E-state index is 12.5. The van der Waals surface area contributed by atoms with Gasteiger partial charge >= 0.3 is 0 Å². The molecule has 0 fully saturated rings. The molecule has 29 heavy (non-hydrogen) atoms. The second-order valence-corrected chi connectivity index (χ2v) is 9.57. The van der Waals surface area contributed by atoms with E-state index in [1.54, 1.807) is 24.3 Å². The molecule has 0 aliphatic carbocycles. The summed E-state index contributed by atoms with van der Waals surface area (Å²) in [5.41, 5.74) is 2.90. The number of aryl methyl sites for hydroxylation is 2. The number of hydrogen-bond donors (Lipinski definition) is 0. The van der Waals surface area contributed by atoms with Gasteiger partial charge in [-0.05, 0) is 43.2 Å². The lowest BCUT2D eigenvalue weighted by Crippen LogP contribution is -2.09. The summed E-state index contributed by atoms with van der Waals surface area (Å²) in [5, 5.41) is 1.61. The van der Waals surface area contributed by atoms with Crippen LogP contribution < -0.4 is 0 Å². The second kappa shape index (κ2) is 8.13. The fourth-order valence-corrected chi connectivity index (χ4v) is 5.14. The van der Waals surface area contributed by atoms with Crippen LogP contribution >= 0.6 is 11.6 Å². The smallest absolute Gasteiger partial charge is 0.178 e. The fraction of sp³-hybridized carbons (Fsp3) is 0.273. The Morgan fingerprint density at radius 1 is 1.00 bits per heavy atom. The first-order valence-electron chi connectivity index (χ1n) is 9.71. The number of sulfone groups is 1. The average Bonchev–Trinajstić information content (AvgIpc) is 3.10. The summed E-state index contributed by atoms with van der Waals surface area (Å²) in [4.78, 5) is 9.56. The Balaban J connectivity index is 1.54. The monoisotopic (exact) mass is 427 g/mol. The van der Waals surface area contributed by atoms with E-state index in [4.69, 9.17) is 16.6 Å². The summed E-state index contributed by atoms with van der Waals surface area (Å²) in [6.45, 7) is 2.81. The van der Waals surface area contributed by atoms with Gasteiger partial charge in [0.25, 0.3) is 0 Å². The van der Waals surface area contributed by atoms with E-state index in [9.17, 15) is 8.42 Å². The van der Waals surface area contributed by atoms with Gasteiger partial charge in [-0.15, -0.1) is 0 Å². The number of pyridine rings is 1. The van der Waals surface area contributed by atoms with E-state index in [2.05, 4.69) is 22.5 Å². The van der Waals surface area contributed by atoms with E-state index < -0.39 is 9.84 Å². The molecule has 0 aliphatic rings. The van der Waals surface area contributed by atoms with Crippen LogP contribution in [-0.4, -0.2) is 28.7 Å². The van der Waals surface area contributed by atoms with Crippen molar-refractivity contribution in [1.82, 2.24) is 14.5 Å². The lowest BCUT2D eigenvalue weighted by Gasteiger charge is -2.10. The van der Waals surface area contributed by atoms with Gasteiger partial charge in [0.05, 0.1) is 27.9 Å². The number of imidazole rings is 1. The molecule has 0 unspecified atom stereocenters. The van der Waals surface area contributed by atoms with Gasteiger partial charge in [0.1, 0.15) is 11.3 Å². The van der Waals surface area contributed by atoms with Crippen LogP contribution in [0.15, 0.2) is 59.6 Å². The van der Waals surface area contributed by atoms with Crippen LogP contribution in [0.25, 0.3) is 21.9 Å². The van der Waals surface area contributed by atoms with Gasteiger partial charge in [-0.25, -0.2) is 13.4 Å². The Hall–Kier alpha value is -2.44. The SMILES string of the molecule is CCc1nc2cnc3ccccc3c2n1CCCCS(=O)(=O)c1ccc(Cl)cc1. The zero-order valence-electron chi connectivity index (χ0n) is 16.2. The van der Waals surface area contributed by atoms with Crippen molar-refractivity contribution >= 4 is 43.4 Å². The van der Waals surface area contributed by atoms with Crippen LogP contribution in [-0.2, 0) is 22.8 Å². The highest BCUT2D eigenvalue weighted by atomic mass is 35.5. The Morgan fingerprint density at radius 3 is 2.52 bits per heavy atom. The van der Waals surface area contributed by atoms with E-state index in [1.807, 2.05) is 24.4 Å². The summed E-state index contributed by atoms with van der Waals surface area (Å²) >= 11 is 5.86. The van der Waals surface area contributed by atoms with Crippen molar-refractivity contribution in [2.75, 3.05) is 5.75 Å². The molecule has 2 heterocycles. The Labute approximate surface area is 175 Å². The molecular formula is C22H22ClN3O2S. The average molecular weight is 428 g/mol. The maximum Gasteiger partial charge on any atom is 0.178 e. The highest BCUT2D eigenvalue weighted by molar-refractivity contribution is 7.91. The molecule has 0 saturated heterocycles. The number of para-hydroxylation sites is 1. The minimum atomic E-state index is -3.30. The van der Waals surface area contributed by atoms with Crippen molar-refractivity contribution in [3.8, 4) is 0 Å². The molecular weight excluding hydrogens is 406 g/mol. The number of rotatable bonds is 7. The third-order valence-corrected chi connectivity index (χ3v) is 7.16. The standard InChI is InChI=1S/C22H22ClN3O2S/c1-2-21-25-20-15-24-19-8-4-3-7-18(19)22(20)26(21)13-5-6-14-29(27,28)17-11-9-16(23)10-12-17/h3-4,7-12,15H,2,5-6,13-14H2,1H3. The first kappa shape index (κ1) is 19.9. The molecule has 0 aliphatic heterocycles. The van der Waals surface area contributed by atoms with Gasteiger partial charge in [-0.3, -0.25) is 4.98 Å². The zero-order valence-corrected chi connectivity index (χ0v) is 17.7. The Kier molecular flexibility index (Phi) is 5.56. The molecule has 0 amide bonds. The van der Waals surface area contributed by atoms with Gasteiger partial charge in [0.15, 0.2) is 9.84 Å². The fourth-order valence-electron chi connectivity index (χ4n) is 3.64. The molecule has 0 radical (unpaired) electrons. The predicted octanol–water partition coefficient (Wildman–Crippen LogP) is 5.05. The first-order chi connectivity index (χ1) is 14.0. The van der Waals surface area contributed by atoms with E-state index in [0.717, 1.165) is 47.1 Å². The summed E-state index contributed by atoms with van der Waals surface area (Å²) < 4.78 is 27.3. The number of aromatic nitrogens is 3. The molecule has 0 bridgehead atoms. The third kappa shape index (κ3) is 4.00. The van der Waals surface area contributed by atoms with Crippen molar-refractivity contribution in [3.63, 3.8) is 0 Å². The normalized spacial score (nSPS) is 12.1. The minimum absolute atomic E-state index is 0.116. The van der Waals surface area contributed by atoms with Crippen molar-refractivity contribution in [3.05, 3.63) is 65.6 Å². The van der Waals surface area contributed by atoms with Gasteiger partial charge in [0.2, 0.25) is 0 Å². The van der Waals surface area contributed by atoms with Crippen LogP contribution in [0.1, 0.15) is 25.6 Å². The zero-order chi connectivity index (χ0) is 20.4. The number of benzene rings is 2. The predicted molar refractivity (Wildman–Crippen MR) is 117 cm³/mol. The molecule has 4 aromatic rings. The van der Waals surface area contributed by atoms with Crippen molar-refractivity contribution in [2.24, 2.45) is 0 Å². The van der Waals surface area contributed by atoms with Gasteiger partial charge in [-0.2, -0.15) is 0 Å². The highest BCUT2D eigenvalue weighted by Crippen LogP contribution is 2.25. The van der Waals surface area contributed by atoms with Crippen molar-refractivity contribution in [2.45, 2.75) is 37.6 Å². The van der Waals surface area contributed by atoms with E-state index >= 15 is 0 Å². The number of hydrogen-bond acceptors (Lipinski definition) is 4. The number of fused-ring (bicyclic) bond motifs is 3. The van der Waals surface area contributed by atoms with Crippen LogP contribution in [0.5, 0.6) is 0 Å². The van der Waals surface area contributed by atoms with Crippen molar-refractivity contribution in [1.29, 1.82) is 0 Å². The van der Waals surface area contributed by atoms with E-state index in [1.165, 1.54) is 0 Å². The van der Waals surface area contributed by atoms with Crippen LogP contribution in [0.4, 0.5) is 0 Å². The minimum Gasteiger partial charge on any atom is -0.327 e. The second-order valence-electron chi connectivity index (χ2n) is 7.02. The molecule has 2 aromatic heterocycles. The Morgan fingerprint density at radius 2 is 1.76 bits per heavy atom. The summed E-state index contributed by atoms with van der Waals surface area (Å²) in [5.74, 6) is 1.11. The van der Waals surface area contributed by atoms with E-state index in [0.29, 0.717) is 16.3 Å². The molecule has 150 valence electrons. The van der Waals surface area contributed by atoms with Gasteiger partial charge in [0, 0.05) is 23.4 Å². The molecule has 7 heteroatoms. The lowest BCUT2D eigenvalue weighted by molar-refractivity contribution is 0.581. The van der Waals surface area contributed by atoms with E-state index in [-0.39, 0.29) is 5.75 Å². The third-order valence-electron chi connectivity index (χ3n) is 5.09. The molecule has 2 aromatic carbocycles. The van der Waals surface area contributed by atoms with Crippen LogP contribution in [0.2, 0.25) is 5.02 Å². The molecule has 0 saturated carbocycles. The number of nitrogens with zero attached hydrogens (tertiary/aromatic N) is 3. The number of unbranched alkanes of at least 4 members (excludes halogenated alkanes) is 1. The largest absolute Gasteiger partial charge is 0.327 e. The molecule has 5 nitrogen and oxygen atoms in total.